The maximum Gasteiger partial charge on any atom is 0.255 e. The molecule has 1 heterocycles. The van der Waals surface area contributed by atoms with E-state index < -0.39 is 25.5 Å². The fraction of sp³-hybridized carbons (Fsp3) is 0.350. The lowest BCUT2D eigenvalue weighted by atomic mass is 10.1. The average Bonchev–Trinajstić information content (AvgIpc) is 2.88. The van der Waals surface area contributed by atoms with Gasteiger partial charge in [0.25, 0.3) is 5.91 Å². The number of benzene rings is 1. The van der Waals surface area contributed by atoms with Crippen molar-refractivity contribution in [2.45, 2.75) is 11.3 Å². The van der Waals surface area contributed by atoms with Gasteiger partial charge in [0.2, 0.25) is 0 Å². The van der Waals surface area contributed by atoms with Crippen LogP contribution in [0.25, 0.3) is 0 Å². The third-order valence-electron chi connectivity index (χ3n) is 5.07. The molecule has 2 aliphatic rings. The molecular formula is C20H22FIN2O5S2. The van der Waals surface area contributed by atoms with Gasteiger partial charge in [-0.3, -0.25) is 4.79 Å². The number of carbonyl (C=O) groups is 1. The third kappa shape index (κ3) is 5.55. The van der Waals surface area contributed by atoms with E-state index in [1.54, 1.807) is 22.0 Å². The van der Waals surface area contributed by atoms with Crippen LogP contribution < -0.4 is 4.90 Å². The van der Waals surface area contributed by atoms with E-state index in [2.05, 4.69) is 0 Å². The van der Waals surface area contributed by atoms with Crippen LogP contribution in [-0.4, -0.2) is 66.3 Å². The standard InChI is InChI=1S/C20H22FIN2O5S2/c1-30(26,27)14-4-3-5-18(22)16(12-14)20(25)24-10-8-23(9-11-24)19-7-6-15(13-17(19)21)31(2,28)29/h4-7,12-13H,3,8-11H2,1-2H3. The zero-order chi connectivity index (χ0) is 23.0. The van der Waals surface area contributed by atoms with Crippen LogP contribution in [0.5, 0.6) is 0 Å². The minimum absolute atomic E-state index is 0.0843. The first-order valence-corrected chi connectivity index (χ1v) is 14.3. The first kappa shape index (κ1) is 23.9. The smallest absolute Gasteiger partial charge is 0.255 e. The number of rotatable bonds is 4. The molecule has 0 atom stereocenters. The van der Waals surface area contributed by atoms with Gasteiger partial charge in [-0.25, -0.2) is 21.2 Å². The molecular weight excluding hydrogens is 558 g/mol. The number of hydrogen-bond acceptors (Lipinski definition) is 6. The summed E-state index contributed by atoms with van der Waals surface area (Å²) < 4.78 is 62.3. The number of nitrogens with zero attached hydrogens (tertiary/aromatic N) is 2. The first-order valence-electron chi connectivity index (χ1n) is 9.39. The van der Waals surface area contributed by atoms with E-state index >= 15 is 0 Å². The van der Waals surface area contributed by atoms with Crippen molar-refractivity contribution in [3.63, 3.8) is 0 Å². The van der Waals surface area contributed by atoms with Crippen LogP contribution in [0.2, 0.25) is 0 Å². The van der Waals surface area contributed by atoms with E-state index in [1.165, 1.54) is 18.2 Å². The van der Waals surface area contributed by atoms with E-state index in [0.717, 1.165) is 18.6 Å². The Morgan fingerprint density at radius 3 is 2.19 bits per heavy atom. The van der Waals surface area contributed by atoms with E-state index in [4.69, 9.17) is 0 Å². The number of anilines is 1. The summed E-state index contributed by atoms with van der Waals surface area (Å²) in [6.45, 7) is 1.38. The van der Waals surface area contributed by atoms with Gasteiger partial charge in [-0.15, -0.1) is 0 Å². The Morgan fingerprint density at radius 1 is 1.00 bits per heavy atom. The van der Waals surface area contributed by atoms with E-state index in [9.17, 15) is 26.0 Å². The average molecular weight is 580 g/mol. The van der Waals surface area contributed by atoms with Gasteiger partial charge in [0, 0.05) is 42.3 Å². The van der Waals surface area contributed by atoms with E-state index in [1.807, 2.05) is 22.6 Å². The number of allylic oxidation sites excluding steroid dienone is 3. The lowest BCUT2D eigenvalue weighted by Crippen LogP contribution is -2.49. The summed E-state index contributed by atoms with van der Waals surface area (Å²) in [7, 11) is -6.95. The van der Waals surface area contributed by atoms with E-state index in [-0.39, 0.29) is 21.4 Å². The molecule has 0 unspecified atom stereocenters. The van der Waals surface area contributed by atoms with Gasteiger partial charge in [0.15, 0.2) is 19.7 Å². The van der Waals surface area contributed by atoms with Crippen LogP contribution in [0, 0.1) is 5.82 Å². The van der Waals surface area contributed by atoms with Crippen molar-refractivity contribution in [1.82, 2.24) is 4.90 Å². The molecule has 0 saturated carbocycles. The molecule has 11 heteroatoms. The third-order valence-corrected chi connectivity index (χ3v) is 8.35. The molecule has 0 bridgehead atoms. The Hall–Kier alpha value is -1.73. The SMILES string of the molecule is CS(=O)(=O)C1=CCC=C(I)C(C(=O)N2CCN(c3ccc(S(C)(=O)=O)cc3F)CC2)=C1. The van der Waals surface area contributed by atoms with Crippen molar-refractivity contribution < 1.29 is 26.0 Å². The Bertz CT molecular complexity index is 1210. The fourth-order valence-electron chi connectivity index (χ4n) is 3.38. The van der Waals surface area contributed by atoms with Crippen molar-refractivity contribution in [3.8, 4) is 0 Å². The number of sulfone groups is 2. The van der Waals surface area contributed by atoms with Gasteiger partial charge >= 0.3 is 0 Å². The van der Waals surface area contributed by atoms with Crippen molar-refractivity contribution in [2.24, 2.45) is 0 Å². The normalized spacial score (nSPS) is 18.1. The van der Waals surface area contributed by atoms with Crippen LogP contribution in [0.3, 0.4) is 0 Å². The molecule has 0 aromatic heterocycles. The molecule has 1 aromatic rings. The number of halogens is 2. The summed E-state index contributed by atoms with van der Waals surface area (Å²) in [5.74, 6) is -0.903. The largest absolute Gasteiger partial charge is 0.366 e. The first-order chi connectivity index (χ1) is 14.4. The monoisotopic (exact) mass is 580 g/mol. The van der Waals surface area contributed by atoms with Gasteiger partial charge in [-0.1, -0.05) is 12.2 Å². The Balaban J connectivity index is 1.76. The number of amides is 1. The van der Waals surface area contributed by atoms with Crippen molar-refractivity contribution >= 4 is 53.9 Å². The number of carbonyl (C=O) groups excluding carboxylic acids is 1. The van der Waals surface area contributed by atoms with Crippen LogP contribution in [0.15, 0.2) is 55.4 Å². The maximum absolute atomic E-state index is 14.5. The topological polar surface area (TPSA) is 91.8 Å². The Labute approximate surface area is 195 Å². The molecule has 1 amide bonds. The predicted molar refractivity (Wildman–Crippen MR) is 126 cm³/mol. The molecule has 1 aliphatic heterocycles. The van der Waals surface area contributed by atoms with Crippen LogP contribution in [-0.2, 0) is 24.5 Å². The van der Waals surface area contributed by atoms with Gasteiger partial charge in [0.1, 0.15) is 5.82 Å². The molecule has 0 N–H and O–H groups in total. The highest BCUT2D eigenvalue weighted by molar-refractivity contribution is 14.1. The second kappa shape index (κ2) is 9.02. The minimum atomic E-state index is -3.50. The summed E-state index contributed by atoms with van der Waals surface area (Å²) in [4.78, 5) is 16.5. The molecule has 1 aliphatic carbocycles. The molecule has 1 aromatic carbocycles. The second-order valence-electron chi connectivity index (χ2n) is 7.39. The van der Waals surface area contributed by atoms with Crippen molar-refractivity contribution in [3.05, 3.63) is 56.3 Å². The molecule has 1 saturated heterocycles. The molecule has 0 radical (unpaired) electrons. The van der Waals surface area contributed by atoms with Crippen molar-refractivity contribution in [1.29, 1.82) is 0 Å². The molecule has 3 rings (SSSR count). The van der Waals surface area contributed by atoms with Crippen LogP contribution in [0.4, 0.5) is 10.1 Å². The highest BCUT2D eigenvalue weighted by atomic mass is 127. The molecule has 168 valence electrons. The zero-order valence-corrected chi connectivity index (χ0v) is 20.8. The second-order valence-corrected chi connectivity index (χ2v) is 12.6. The summed E-state index contributed by atoms with van der Waals surface area (Å²) in [6.07, 6.45) is 7.35. The quantitative estimate of drug-likeness (QED) is 0.509. The molecule has 0 spiro atoms. The summed E-state index contributed by atoms with van der Waals surface area (Å²) in [5, 5.41) is 0. The van der Waals surface area contributed by atoms with Crippen LogP contribution >= 0.6 is 22.6 Å². The Kier molecular flexibility index (Phi) is 6.96. The minimum Gasteiger partial charge on any atom is -0.366 e. The Morgan fingerprint density at radius 2 is 1.65 bits per heavy atom. The summed E-state index contributed by atoms with van der Waals surface area (Å²) in [6, 6.07) is 3.81. The van der Waals surface area contributed by atoms with E-state index in [0.29, 0.717) is 41.8 Å². The number of piperazine rings is 1. The fourth-order valence-corrected chi connectivity index (χ4v) is 5.38. The van der Waals surface area contributed by atoms with Crippen molar-refractivity contribution in [2.75, 3.05) is 43.6 Å². The highest BCUT2D eigenvalue weighted by Crippen LogP contribution is 2.29. The lowest BCUT2D eigenvalue weighted by Gasteiger charge is -2.36. The zero-order valence-electron chi connectivity index (χ0n) is 17.0. The summed E-state index contributed by atoms with van der Waals surface area (Å²) >= 11 is 2.03. The van der Waals surface area contributed by atoms with Gasteiger partial charge < -0.3 is 9.80 Å². The molecule has 7 nitrogen and oxygen atoms in total. The van der Waals surface area contributed by atoms with Crippen LogP contribution in [0.1, 0.15) is 6.42 Å². The van der Waals surface area contributed by atoms with Gasteiger partial charge in [-0.05, 0) is 53.3 Å². The molecule has 1 fully saturated rings. The lowest BCUT2D eigenvalue weighted by molar-refractivity contribution is -0.127. The molecule has 31 heavy (non-hydrogen) atoms. The summed E-state index contributed by atoms with van der Waals surface area (Å²) in [5.41, 5.74) is 0.608. The number of hydrogen-bond donors (Lipinski definition) is 0. The maximum atomic E-state index is 14.5. The van der Waals surface area contributed by atoms with Gasteiger partial charge in [0.05, 0.1) is 21.1 Å². The highest BCUT2D eigenvalue weighted by Gasteiger charge is 2.27. The van der Waals surface area contributed by atoms with Gasteiger partial charge in [-0.2, -0.15) is 0 Å². The predicted octanol–water partition coefficient (Wildman–Crippen LogP) is 2.46.